The molecule has 4 aliphatic rings. The molecule has 0 saturated heterocycles. The Bertz CT molecular complexity index is 439. The van der Waals surface area contributed by atoms with Crippen LogP contribution in [0.2, 0.25) is 0 Å². The molecule has 0 unspecified atom stereocenters. The van der Waals surface area contributed by atoms with Crippen LogP contribution in [-0.4, -0.2) is 5.25 Å². The van der Waals surface area contributed by atoms with Gasteiger partial charge in [0.2, 0.25) is 0 Å². The van der Waals surface area contributed by atoms with Gasteiger partial charge in [0.05, 0.1) is 0 Å². The quantitative estimate of drug-likeness (QED) is 0.433. The zero-order chi connectivity index (χ0) is 14.0. The molecule has 0 radical (unpaired) electrons. The fraction of sp³-hybridized carbons (Fsp3) is 0.895. The number of rotatable bonds is 0. The Morgan fingerprint density at radius 3 is 2.75 bits per heavy atom. The normalized spacial score (nSPS) is 54.6. The first-order valence-corrected chi connectivity index (χ1v) is 9.42. The highest BCUT2D eigenvalue weighted by Crippen LogP contribution is 2.64. The Morgan fingerprint density at radius 2 is 1.90 bits per heavy atom. The van der Waals surface area contributed by atoms with Crippen molar-refractivity contribution >= 4 is 12.6 Å². The maximum atomic E-state index is 4.77. The van der Waals surface area contributed by atoms with E-state index < -0.39 is 0 Å². The molecule has 0 aliphatic heterocycles. The third-order valence-corrected chi connectivity index (χ3v) is 8.30. The monoisotopic (exact) mass is 290 g/mol. The minimum absolute atomic E-state index is 0.534. The van der Waals surface area contributed by atoms with Gasteiger partial charge in [-0.2, -0.15) is 12.6 Å². The minimum atomic E-state index is 0.534. The maximum absolute atomic E-state index is 4.77. The number of hydrogen-bond acceptors (Lipinski definition) is 1. The molecule has 4 rings (SSSR count). The van der Waals surface area contributed by atoms with E-state index >= 15 is 0 Å². The summed E-state index contributed by atoms with van der Waals surface area (Å²) < 4.78 is 0. The van der Waals surface area contributed by atoms with Crippen LogP contribution in [0.4, 0.5) is 0 Å². The lowest BCUT2D eigenvalue weighted by atomic mass is 9.48. The molecule has 6 atom stereocenters. The molecule has 0 nitrogen and oxygen atoms in total. The van der Waals surface area contributed by atoms with Crippen molar-refractivity contribution in [3.05, 3.63) is 11.6 Å². The van der Waals surface area contributed by atoms with Crippen molar-refractivity contribution in [3.8, 4) is 0 Å². The summed E-state index contributed by atoms with van der Waals surface area (Å²) in [5.74, 6) is 3.02. The molecular weight excluding hydrogens is 260 g/mol. The fourth-order valence-electron chi connectivity index (χ4n) is 6.63. The predicted molar refractivity (Wildman–Crippen MR) is 89.1 cm³/mol. The van der Waals surface area contributed by atoms with Gasteiger partial charge in [-0.1, -0.05) is 31.9 Å². The van der Waals surface area contributed by atoms with Crippen LogP contribution in [0.15, 0.2) is 11.6 Å². The van der Waals surface area contributed by atoms with Crippen molar-refractivity contribution in [1.82, 2.24) is 0 Å². The molecule has 0 spiro atoms. The molecule has 0 amide bonds. The van der Waals surface area contributed by atoms with Gasteiger partial charge < -0.3 is 0 Å². The highest BCUT2D eigenvalue weighted by molar-refractivity contribution is 7.80. The highest BCUT2D eigenvalue weighted by atomic mass is 32.1. The van der Waals surface area contributed by atoms with Crippen LogP contribution < -0.4 is 0 Å². The number of allylic oxidation sites excluding steroid dienone is 2. The van der Waals surface area contributed by atoms with Gasteiger partial charge in [0.25, 0.3) is 0 Å². The van der Waals surface area contributed by atoms with E-state index in [1.807, 2.05) is 0 Å². The zero-order valence-electron chi connectivity index (χ0n) is 13.2. The Morgan fingerprint density at radius 1 is 1.05 bits per heavy atom. The van der Waals surface area contributed by atoms with Gasteiger partial charge in [0.15, 0.2) is 0 Å². The standard InChI is InChI=1S/C19H30S/c1-18-9-3-4-16(18)15-6-5-13-12-14(20)7-11-19(13,2)17(15)8-10-18/h5,14-17,20H,3-4,6-12H2,1-2H3/t14-,15-,16-,17-,18-,19-/m0/s1. The summed E-state index contributed by atoms with van der Waals surface area (Å²) in [5.41, 5.74) is 3.02. The van der Waals surface area contributed by atoms with Gasteiger partial charge in [0, 0.05) is 5.25 Å². The number of hydrogen-bond donors (Lipinski definition) is 1. The van der Waals surface area contributed by atoms with Crippen LogP contribution in [0.5, 0.6) is 0 Å². The molecule has 0 aromatic carbocycles. The molecule has 4 aliphatic carbocycles. The average Bonchev–Trinajstić information content (AvgIpc) is 2.81. The second-order valence-corrected chi connectivity index (χ2v) is 9.47. The second kappa shape index (κ2) is 4.54. The Kier molecular flexibility index (Phi) is 3.12. The van der Waals surface area contributed by atoms with Crippen molar-refractivity contribution in [2.45, 2.75) is 76.9 Å². The molecule has 3 saturated carbocycles. The van der Waals surface area contributed by atoms with Crippen molar-refractivity contribution < 1.29 is 0 Å². The molecule has 112 valence electrons. The van der Waals surface area contributed by atoms with Crippen LogP contribution >= 0.6 is 12.6 Å². The van der Waals surface area contributed by atoms with E-state index in [1.54, 1.807) is 5.57 Å². The molecule has 20 heavy (non-hydrogen) atoms. The molecule has 3 fully saturated rings. The second-order valence-electron chi connectivity index (χ2n) is 8.74. The van der Waals surface area contributed by atoms with E-state index in [0.717, 1.165) is 17.8 Å². The summed E-state index contributed by atoms with van der Waals surface area (Å²) in [6, 6.07) is 0. The predicted octanol–water partition coefficient (Wildman–Crippen LogP) is 5.64. The van der Waals surface area contributed by atoms with Crippen molar-refractivity contribution in [3.63, 3.8) is 0 Å². The van der Waals surface area contributed by atoms with Crippen molar-refractivity contribution in [1.29, 1.82) is 0 Å². The van der Waals surface area contributed by atoms with E-state index in [-0.39, 0.29) is 0 Å². The Balaban J connectivity index is 1.68. The van der Waals surface area contributed by atoms with Crippen LogP contribution in [0, 0.1) is 28.6 Å². The molecule has 0 aromatic rings. The van der Waals surface area contributed by atoms with Crippen LogP contribution in [-0.2, 0) is 0 Å². The number of thiol groups is 1. The zero-order valence-corrected chi connectivity index (χ0v) is 14.1. The average molecular weight is 291 g/mol. The Labute approximate surface area is 130 Å². The summed E-state index contributed by atoms with van der Waals surface area (Å²) in [5, 5.41) is 0.631. The smallest absolute Gasteiger partial charge is 0.00545 e. The van der Waals surface area contributed by atoms with Gasteiger partial charge in [-0.05, 0) is 80.0 Å². The first-order valence-electron chi connectivity index (χ1n) is 8.90. The SMILES string of the molecule is C[C@@]12CCC[C@H]1[C@@H]1CC=C3C[C@@H](S)CC[C@]3(C)[C@H]1CC2. The third kappa shape index (κ3) is 1.81. The van der Waals surface area contributed by atoms with E-state index in [9.17, 15) is 0 Å². The number of fused-ring (bicyclic) bond motifs is 5. The highest BCUT2D eigenvalue weighted by Gasteiger charge is 2.55. The molecular formula is C19H30S. The summed E-state index contributed by atoms with van der Waals surface area (Å²) >= 11 is 4.77. The molecule has 0 heterocycles. The first kappa shape index (κ1) is 13.7. The van der Waals surface area contributed by atoms with E-state index in [0.29, 0.717) is 16.1 Å². The fourth-order valence-corrected chi connectivity index (χ4v) is 6.96. The van der Waals surface area contributed by atoms with E-state index in [2.05, 4.69) is 19.9 Å². The van der Waals surface area contributed by atoms with Crippen LogP contribution in [0.25, 0.3) is 0 Å². The van der Waals surface area contributed by atoms with Gasteiger partial charge in [-0.3, -0.25) is 0 Å². The minimum Gasteiger partial charge on any atom is -0.176 e. The molecule has 1 heteroatoms. The van der Waals surface area contributed by atoms with E-state index in [4.69, 9.17) is 12.6 Å². The van der Waals surface area contributed by atoms with Gasteiger partial charge in [-0.15, -0.1) is 0 Å². The molecule has 0 N–H and O–H groups in total. The van der Waals surface area contributed by atoms with E-state index in [1.165, 1.54) is 57.8 Å². The summed E-state index contributed by atoms with van der Waals surface area (Å²) in [6.45, 7) is 5.21. The summed E-state index contributed by atoms with van der Waals surface area (Å²) in [4.78, 5) is 0. The lowest BCUT2D eigenvalue weighted by Gasteiger charge is -2.57. The maximum Gasteiger partial charge on any atom is 0.00545 e. The summed E-state index contributed by atoms with van der Waals surface area (Å²) in [6.07, 6.45) is 15.6. The van der Waals surface area contributed by atoms with Crippen LogP contribution in [0.3, 0.4) is 0 Å². The lowest BCUT2D eigenvalue weighted by Crippen LogP contribution is -2.48. The third-order valence-electron chi connectivity index (χ3n) is 7.86. The van der Waals surface area contributed by atoms with Gasteiger partial charge in [0.1, 0.15) is 0 Å². The van der Waals surface area contributed by atoms with Crippen LogP contribution in [0.1, 0.15) is 71.6 Å². The first-order chi connectivity index (χ1) is 9.53. The van der Waals surface area contributed by atoms with Crippen molar-refractivity contribution in [2.75, 3.05) is 0 Å². The molecule has 0 bridgehead atoms. The summed E-state index contributed by atoms with van der Waals surface area (Å²) in [7, 11) is 0. The lowest BCUT2D eigenvalue weighted by molar-refractivity contribution is -0.0244. The van der Waals surface area contributed by atoms with Gasteiger partial charge in [-0.25, -0.2) is 0 Å². The Hall–Kier alpha value is 0.0900. The van der Waals surface area contributed by atoms with Gasteiger partial charge >= 0.3 is 0 Å². The largest absolute Gasteiger partial charge is 0.176 e. The van der Waals surface area contributed by atoms with Crippen molar-refractivity contribution in [2.24, 2.45) is 28.6 Å². The molecule has 0 aromatic heterocycles. The topological polar surface area (TPSA) is 0 Å².